The Morgan fingerprint density at radius 2 is 1.74 bits per heavy atom. The van der Waals surface area contributed by atoms with Crippen LogP contribution in [-0.4, -0.2) is 46.9 Å². The van der Waals surface area contributed by atoms with Gasteiger partial charge in [-0.1, -0.05) is 37.5 Å². The van der Waals surface area contributed by atoms with E-state index in [-0.39, 0.29) is 17.4 Å². The quantitative estimate of drug-likeness (QED) is 0.320. The van der Waals surface area contributed by atoms with Crippen LogP contribution in [0.15, 0.2) is 54.2 Å². The summed E-state index contributed by atoms with van der Waals surface area (Å²) in [6.45, 7) is 0. The maximum Gasteiger partial charge on any atom is 0.295 e. The Morgan fingerprint density at radius 3 is 2.47 bits per heavy atom. The highest BCUT2D eigenvalue weighted by Gasteiger charge is 2.49. The minimum absolute atomic E-state index is 0.0421. The highest BCUT2D eigenvalue weighted by molar-refractivity contribution is 6.46. The smallest absolute Gasteiger partial charge is 0.295 e. The zero-order valence-electron chi connectivity index (χ0n) is 19.3. The van der Waals surface area contributed by atoms with E-state index in [0.717, 1.165) is 48.6 Å². The van der Waals surface area contributed by atoms with Crippen molar-refractivity contribution in [2.24, 2.45) is 0 Å². The van der Waals surface area contributed by atoms with Crippen molar-refractivity contribution in [3.8, 4) is 11.5 Å². The number of rotatable bonds is 5. The molecular formula is C27H28N2O5. The molecular weight excluding hydrogens is 432 g/mol. The van der Waals surface area contributed by atoms with Crippen molar-refractivity contribution in [1.82, 2.24) is 9.88 Å². The third-order valence-corrected chi connectivity index (χ3v) is 7.02. The summed E-state index contributed by atoms with van der Waals surface area (Å²) in [6, 6.07) is 12.0. The average molecular weight is 461 g/mol. The first-order chi connectivity index (χ1) is 16.5. The SMILES string of the molecule is COc1ccc(/C(O)=C2\C(=O)C(=O)N(C3CCCCC3)C2c2c[nH]c3ccccc23)cc1OC. The van der Waals surface area contributed by atoms with Crippen LogP contribution in [0.5, 0.6) is 11.5 Å². The molecule has 7 nitrogen and oxygen atoms in total. The number of aliphatic hydroxyl groups excluding tert-OH is 1. The van der Waals surface area contributed by atoms with Gasteiger partial charge < -0.3 is 24.5 Å². The second kappa shape index (κ2) is 8.89. The summed E-state index contributed by atoms with van der Waals surface area (Å²) in [7, 11) is 3.04. The number of H-pyrrole nitrogens is 1. The fourth-order valence-corrected chi connectivity index (χ4v) is 5.35. The molecule has 7 heteroatoms. The van der Waals surface area contributed by atoms with E-state index in [1.807, 2.05) is 30.5 Å². The number of carbonyl (C=O) groups excluding carboxylic acids is 2. The zero-order chi connectivity index (χ0) is 23.8. The van der Waals surface area contributed by atoms with Gasteiger partial charge >= 0.3 is 0 Å². The molecule has 2 aromatic carbocycles. The van der Waals surface area contributed by atoms with E-state index in [0.29, 0.717) is 17.1 Å². The van der Waals surface area contributed by atoms with Crippen molar-refractivity contribution in [2.75, 3.05) is 14.2 Å². The van der Waals surface area contributed by atoms with Crippen molar-refractivity contribution in [3.63, 3.8) is 0 Å². The van der Waals surface area contributed by atoms with Gasteiger partial charge in [-0.2, -0.15) is 0 Å². The summed E-state index contributed by atoms with van der Waals surface area (Å²) in [5.74, 6) is -0.489. The summed E-state index contributed by atoms with van der Waals surface area (Å²) in [4.78, 5) is 31.8. The number of benzene rings is 2. The van der Waals surface area contributed by atoms with Gasteiger partial charge in [-0.25, -0.2) is 0 Å². The van der Waals surface area contributed by atoms with Crippen LogP contribution in [0.4, 0.5) is 0 Å². The number of fused-ring (bicyclic) bond motifs is 1. The van der Waals surface area contributed by atoms with E-state index in [2.05, 4.69) is 4.98 Å². The number of hydrogen-bond acceptors (Lipinski definition) is 5. The number of aromatic amines is 1. The van der Waals surface area contributed by atoms with Crippen molar-refractivity contribution >= 4 is 28.4 Å². The summed E-state index contributed by atoms with van der Waals surface area (Å²) in [6.07, 6.45) is 6.71. The monoisotopic (exact) mass is 460 g/mol. The summed E-state index contributed by atoms with van der Waals surface area (Å²) in [5, 5.41) is 12.3. The van der Waals surface area contributed by atoms with Crippen LogP contribution in [0.2, 0.25) is 0 Å². The number of carbonyl (C=O) groups is 2. The van der Waals surface area contributed by atoms with Crippen molar-refractivity contribution in [3.05, 3.63) is 65.4 Å². The van der Waals surface area contributed by atoms with Crippen molar-refractivity contribution in [1.29, 1.82) is 0 Å². The first-order valence-electron chi connectivity index (χ1n) is 11.6. The normalized spacial score (nSPS) is 20.8. The Bertz CT molecular complexity index is 1290. The van der Waals surface area contributed by atoms with Gasteiger partial charge in [0.05, 0.1) is 25.8 Å². The maximum atomic E-state index is 13.4. The van der Waals surface area contributed by atoms with Crippen LogP contribution >= 0.6 is 0 Å². The Labute approximate surface area is 198 Å². The average Bonchev–Trinajstić information content (AvgIpc) is 3.42. The summed E-state index contributed by atoms with van der Waals surface area (Å²) < 4.78 is 10.7. The molecule has 176 valence electrons. The van der Waals surface area contributed by atoms with Gasteiger partial charge in [-0.3, -0.25) is 9.59 Å². The third-order valence-electron chi connectivity index (χ3n) is 7.02. The topological polar surface area (TPSA) is 91.9 Å². The van der Waals surface area contributed by atoms with E-state index < -0.39 is 17.7 Å². The van der Waals surface area contributed by atoms with E-state index in [1.165, 1.54) is 14.2 Å². The van der Waals surface area contributed by atoms with E-state index >= 15 is 0 Å². The predicted molar refractivity (Wildman–Crippen MR) is 129 cm³/mol. The number of aliphatic hydroxyl groups is 1. The molecule has 1 saturated carbocycles. The number of likely N-dealkylation sites (tertiary alicyclic amines) is 1. The molecule has 1 saturated heterocycles. The number of ketones is 1. The van der Waals surface area contributed by atoms with E-state index in [1.54, 1.807) is 23.1 Å². The first kappa shape index (κ1) is 22.1. The zero-order valence-corrected chi connectivity index (χ0v) is 19.3. The minimum Gasteiger partial charge on any atom is -0.507 e. The lowest BCUT2D eigenvalue weighted by Gasteiger charge is -2.35. The molecule has 34 heavy (non-hydrogen) atoms. The largest absolute Gasteiger partial charge is 0.507 e. The fourth-order valence-electron chi connectivity index (χ4n) is 5.35. The van der Waals surface area contributed by atoms with Gasteiger partial charge in [-0.05, 0) is 37.1 Å². The molecule has 2 fully saturated rings. The molecule has 1 atom stereocenters. The second-order valence-corrected chi connectivity index (χ2v) is 8.86. The lowest BCUT2D eigenvalue weighted by atomic mass is 9.90. The highest BCUT2D eigenvalue weighted by atomic mass is 16.5. The van der Waals surface area contributed by atoms with Crippen molar-refractivity contribution in [2.45, 2.75) is 44.2 Å². The highest BCUT2D eigenvalue weighted by Crippen LogP contribution is 2.45. The van der Waals surface area contributed by atoms with Crippen LogP contribution < -0.4 is 9.47 Å². The Morgan fingerprint density at radius 1 is 1.00 bits per heavy atom. The van der Waals surface area contributed by atoms with Crippen LogP contribution in [0, 0.1) is 0 Å². The number of nitrogens with zero attached hydrogens (tertiary/aromatic N) is 1. The third kappa shape index (κ3) is 3.52. The molecule has 1 aliphatic heterocycles. The van der Waals surface area contributed by atoms with Crippen LogP contribution in [0.1, 0.15) is 49.3 Å². The van der Waals surface area contributed by atoms with Crippen LogP contribution in [-0.2, 0) is 9.59 Å². The lowest BCUT2D eigenvalue weighted by Crippen LogP contribution is -2.40. The minimum atomic E-state index is -0.674. The molecule has 5 rings (SSSR count). The second-order valence-electron chi connectivity index (χ2n) is 8.86. The van der Waals surface area contributed by atoms with Gasteiger partial charge in [0.1, 0.15) is 5.76 Å². The molecule has 1 unspecified atom stereocenters. The molecule has 0 radical (unpaired) electrons. The number of para-hydroxylation sites is 1. The van der Waals surface area contributed by atoms with Gasteiger partial charge in [0, 0.05) is 34.3 Å². The molecule has 1 aromatic heterocycles. The molecule has 2 N–H and O–H groups in total. The number of nitrogens with one attached hydrogen (secondary N) is 1. The van der Waals surface area contributed by atoms with E-state index in [4.69, 9.17) is 9.47 Å². The molecule has 1 amide bonds. The number of amides is 1. The molecule has 2 heterocycles. The maximum absolute atomic E-state index is 13.4. The Balaban J connectivity index is 1.71. The molecule has 1 aliphatic carbocycles. The standard InChI is InChI=1S/C27H28N2O5/c1-33-21-13-12-16(14-22(21)34-2)25(30)23-24(19-15-28-20-11-7-6-10-18(19)20)29(27(32)26(23)31)17-8-4-3-5-9-17/h6-7,10-15,17,24,28,30H,3-5,8-9H2,1-2H3/b25-23+. The van der Waals surface area contributed by atoms with E-state index in [9.17, 15) is 14.7 Å². The first-order valence-corrected chi connectivity index (χ1v) is 11.6. The van der Waals surface area contributed by atoms with Gasteiger partial charge in [0.15, 0.2) is 11.5 Å². The van der Waals surface area contributed by atoms with Crippen LogP contribution in [0.3, 0.4) is 0 Å². The predicted octanol–water partition coefficient (Wildman–Crippen LogP) is 4.94. The summed E-state index contributed by atoms with van der Waals surface area (Å²) in [5.41, 5.74) is 2.22. The molecule has 2 aliphatic rings. The summed E-state index contributed by atoms with van der Waals surface area (Å²) >= 11 is 0. The molecule has 0 bridgehead atoms. The molecule has 0 spiro atoms. The number of aromatic nitrogens is 1. The molecule has 3 aromatic rings. The number of hydrogen-bond donors (Lipinski definition) is 2. The number of Topliss-reactive ketones (excluding diaryl/α,β-unsaturated/α-hetero) is 1. The number of ether oxygens (including phenoxy) is 2. The van der Waals surface area contributed by atoms with Gasteiger partial charge in [0.25, 0.3) is 11.7 Å². The lowest BCUT2D eigenvalue weighted by molar-refractivity contribution is -0.141. The van der Waals surface area contributed by atoms with Crippen LogP contribution in [0.25, 0.3) is 16.7 Å². The van der Waals surface area contributed by atoms with Crippen molar-refractivity contribution < 1.29 is 24.2 Å². The van der Waals surface area contributed by atoms with Gasteiger partial charge in [-0.15, -0.1) is 0 Å². The number of methoxy groups -OCH3 is 2. The fraction of sp³-hybridized carbons (Fsp3) is 0.333. The Kier molecular flexibility index (Phi) is 5.77. The van der Waals surface area contributed by atoms with Gasteiger partial charge in [0.2, 0.25) is 0 Å². The Hall–Kier alpha value is -3.74.